The third-order valence-corrected chi connectivity index (χ3v) is 5.96. The highest BCUT2D eigenvalue weighted by Gasteiger charge is 2.53. The molecular formula is C23H29N5O3. The molecule has 8 heteroatoms. The lowest BCUT2D eigenvalue weighted by atomic mass is 9.93. The van der Waals surface area contributed by atoms with E-state index in [1.807, 2.05) is 38.1 Å². The molecule has 1 fully saturated rings. The largest absolute Gasteiger partial charge is 0.351 e. The van der Waals surface area contributed by atoms with Gasteiger partial charge in [-0.2, -0.15) is 0 Å². The molecule has 8 nitrogen and oxygen atoms in total. The molecular weight excluding hydrogens is 394 g/mol. The maximum atomic E-state index is 13.5. The molecule has 164 valence electrons. The van der Waals surface area contributed by atoms with E-state index in [-0.39, 0.29) is 41.7 Å². The van der Waals surface area contributed by atoms with Crippen LogP contribution in [0.5, 0.6) is 0 Å². The van der Waals surface area contributed by atoms with Crippen molar-refractivity contribution in [1.82, 2.24) is 25.1 Å². The van der Waals surface area contributed by atoms with Crippen molar-refractivity contribution in [1.29, 1.82) is 0 Å². The predicted molar refractivity (Wildman–Crippen MR) is 115 cm³/mol. The van der Waals surface area contributed by atoms with Crippen LogP contribution in [0, 0.1) is 6.92 Å². The smallest absolute Gasteiger partial charge is 0.274 e. The first-order valence-corrected chi connectivity index (χ1v) is 10.9. The molecule has 2 aliphatic rings. The zero-order valence-electron chi connectivity index (χ0n) is 18.3. The van der Waals surface area contributed by atoms with Gasteiger partial charge in [-0.05, 0) is 38.7 Å². The highest BCUT2D eigenvalue weighted by molar-refractivity contribution is 6.07. The van der Waals surface area contributed by atoms with Gasteiger partial charge >= 0.3 is 0 Å². The van der Waals surface area contributed by atoms with Crippen LogP contribution in [0.25, 0.3) is 0 Å². The minimum absolute atomic E-state index is 0.0115. The van der Waals surface area contributed by atoms with E-state index in [1.165, 1.54) is 6.33 Å². The number of carbonyl (C=O) groups excluding carboxylic acids is 3. The fraction of sp³-hybridized carbons (Fsp3) is 0.478. The van der Waals surface area contributed by atoms with Crippen molar-refractivity contribution in [2.24, 2.45) is 0 Å². The van der Waals surface area contributed by atoms with Crippen LogP contribution in [-0.2, 0) is 17.9 Å². The molecule has 0 spiro atoms. The van der Waals surface area contributed by atoms with E-state index in [9.17, 15) is 14.4 Å². The quantitative estimate of drug-likeness (QED) is 0.712. The van der Waals surface area contributed by atoms with Crippen LogP contribution in [0.3, 0.4) is 0 Å². The van der Waals surface area contributed by atoms with Crippen molar-refractivity contribution < 1.29 is 14.4 Å². The Morgan fingerprint density at radius 2 is 2.03 bits per heavy atom. The summed E-state index contributed by atoms with van der Waals surface area (Å²) < 4.78 is 1.65. The molecule has 31 heavy (non-hydrogen) atoms. The lowest BCUT2D eigenvalue weighted by Crippen LogP contribution is -2.64. The number of aryl methyl sites for hydroxylation is 1. The minimum Gasteiger partial charge on any atom is -0.351 e. The third kappa shape index (κ3) is 3.94. The average molecular weight is 424 g/mol. The van der Waals surface area contributed by atoms with Gasteiger partial charge in [0, 0.05) is 19.1 Å². The van der Waals surface area contributed by atoms with Gasteiger partial charge in [0.05, 0.1) is 12.9 Å². The van der Waals surface area contributed by atoms with Gasteiger partial charge in [-0.25, -0.2) is 4.98 Å². The monoisotopic (exact) mass is 423 g/mol. The number of carbonyl (C=O) groups is 3. The highest BCUT2D eigenvalue weighted by Crippen LogP contribution is 2.38. The number of aromatic nitrogens is 2. The molecule has 1 atom stereocenters. The van der Waals surface area contributed by atoms with Gasteiger partial charge in [0.15, 0.2) is 5.69 Å². The molecule has 1 unspecified atom stereocenters. The molecule has 1 aromatic heterocycles. The van der Waals surface area contributed by atoms with E-state index in [0.717, 1.165) is 30.4 Å². The Morgan fingerprint density at radius 1 is 1.26 bits per heavy atom. The van der Waals surface area contributed by atoms with E-state index in [1.54, 1.807) is 16.4 Å². The summed E-state index contributed by atoms with van der Waals surface area (Å²) in [4.78, 5) is 45.2. The van der Waals surface area contributed by atoms with Gasteiger partial charge in [-0.15, -0.1) is 0 Å². The molecule has 0 saturated heterocycles. The van der Waals surface area contributed by atoms with Crippen LogP contribution in [0.15, 0.2) is 30.6 Å². The topological polar surface area (TPSA) is 96.3 Å². The Balaban J connectivity index is 1.60. The summed E-state index contributed by atoms with van der Waals surface area (Å²) in [5.74, 6) is -0.862. The van der Waals surface area contributed by atoms with Crippen LogP contribution in [0.2, 0.25) is 0 Å². The first-order valence-electron chi connectivity index (χ1n) is 10.9. The summed E-state index contributed by atoms with van der Waals surface area (Å²) in [6.07, 6.45) is 4.00. The fourth-order valence-corrected chi connectivity index (χ4v) is 4.24. The van der Waals surface area contributed by atoms with Crippen molar-refractivity contribution in [3.63, 3.8) is 0 Å². The van der Waals surface area contributed by atoms with Gasteiger partial charge in [-0.3, -0.25) is 14.4 Å². The van der Waals surface area contributed by atoms with Crippen molar-refractivity contribution in [2.45, 2.75) is 64.7 Å². The Morgan fingerprint density at radius 3 is 2.71 bits per heavy atom. The Labute approximate surface area is 182 Å². The zero-order chi connectivity index (χ0) is 22.2. The minimum atomic E-state index is -1.05. The number of hydrogen-bond acceptors (Lipinski definition) is 4. The molecule has 1 saturated carbocycles. The second kappa shape index (κ2) is 8.17. The van der Waals surface area contributed by atoms with Gasteiger partial charge in [-0.1, -0.05) is 36.8 Å². The first kappa shape index (κ1) is 21.1. The molecule has 0 bridgehead atoms. The number of hydrogen-bond donors (Lipinski definition) is 2. The van der Waals surface area contributed by atoms with Gasteiger partial charge in [0.25, 0.3) is 11.8 Å². The standard InChI is InChI=1S/C23H29N5O3/c1-4-10-24-20(29)18-19-21(30)28(17-8-9-17)23(3,13-27(19)14-26-18)22(31)25-12-16-7-5-6-15(2)11-16/h5-7,11,14,17H,4,8-10,12-13H2,1-3H3,(H,24,29)(H,25,31). The molecule has 0 radical (unpaired) electrons. The fourth-order valence-electron chi connectivity index (χ4n) is 4.24. The Hall–Kier alpha value is -3.16. The molecule has 2 aromatic rings. The van der Waals surface area contributed by atoms with Crippen LogP contribution in [0.1, 0.15) is 65.2 Å². The number of benzene rings is 1. The second-order valence-electron chi connectivity index (χ2n) is 8.68. The molecule has 2 N–H and O–H groups in total. The molecule has 1 aliphatic heterocycles. The summed E-state index contributed by atoms with van der Waals surface area (Å²) in [7, 11) is 0. The second-order valence-corrected chi connectivity index (χ2v) is 8.68. The summed E-state index contributed by atoms with van der Waals surface area (Å²) in [5, 5.41) is 5.80. The maximum Gasteiger partial charge on any atom is 0.274 e. The Kier molecular flexibility index (Phi) is 5.56. The van der Waals surface area contributed by atoms with Crippen molar-refractivity contribution in [3.05, 3.63) is 53.1 Å². The van der Waals surface area contributed by atoms with Crippen LogP contribution < -0.4 is 10.6 Å². The lowest BCUT2D eigenvalue weighted by Gasteiger charge is -2.44. The summed E-state index contributed by atoms with van der Waals surface area (Å²) >= 11 is 0. The van der Waals surface area contributed by atoms with E-state index in [4.69, 9.17) is 0 Å². The molecule has 2 heterocycles. The summed E-state index contributed by atoms with van der Waals surface area (Å²) in [6.45, 7) is 6.95. The van der Waals surface area contributed by atoms with Crippen molar-refractivity contribution >= 4 is 17.7 Å². The van der Waals surface area contributed by atoms with E-state index in [2.05, 4.69) is 15.6 Å². The number of imidazole rings is 1. The zero-order valence-corrected chi connectivity index (χ0v) is 18.3. The molecule has 1 aliphatic carbocycles. The lowest BCUT2D eigenvalue weighted by molar-refractivity contribution is -0.133. The van der Waals surface area contributed by atoms with Gasteiger partial charge < -0.3 is 20.1 Å². The van der Waals surface area contributed by atoms with Gasteiger partial charge in [0.2, 0.25) is 5.91 Å². The SMILES string of the molecule is CCCNC(=O)c1ncn2c1C(=O)N(C1CC1)C(C)(C(=O)NCc1cccc(C)c1)C2. The summed E-state index contributed by atoms with van der Waals surface area (Å²) in [5.41, 5.74) is 1.49. The van der Waals surface area contributed by atoms with Crippen molar-refractivity contribution in [2.75, 3.05) is 6.54 Å². The number of amides is 3. The average Bonchev–Trinajstić information content (AvgIpc) is 3.48. The van der Waals surface area contributed by atoms with Crippen molar-refractivity contribution in [3.8, 4) is 0 Å². The number of rotatable bonds is 7. The normalized spacial score (nSPS) is 20.4. The summed E-state index contributed by atoms with van der Waals surface area (Å²) in [6, 6.07) is 7.98. The maximum absolute atomic E-state index is 13.5. The van der Waals surface area contributed by atoms with E-state index < -0.39 is 5.54 Å². The number of nitrogens with zero attached hydrogens (tertiary/aromatic N) is 3. The first-order chi connectivity index (χ1) is 14.8. The molecule has 1 aromatic carbocycles. The van der Waals surface area contributed by atoms with Crippen LogP contribution in [-0.4, -0.2) is 50.3 Å². The predicted octanol–water partition coefficient (Wildman–Crippen LogP) is 2.02. The Bertz CT molecular complexity index is 1030. The van der Waals surface area contributed by atoms with E-state index in [0.29, 0.717) is 13.1 Å². The number of fused-ring (bicyclic) bond motifs is 1. The third-order valence-electron chi connectivity index (χ3n) is 5.96. The van der Waals surface area contributed by atoms with Gasteiger partial charge in [0.1, 0.15) is 11.2 Å². The highest BCUT2D eigenvalue weighted by atomic mass is 16.2. The van der Waals surface area contributed by atoms with E-state index >= 15 is 0 Å². The molecule has 3 amide bonds. The molecule has 4 rings (SSSR count). The van der Waals surface area contributed by atoms with Crippen LogP contribution in [0.4, 0.5) is 0 Å². The number of nitrogens with one attached hydrogen (secondary N) is 2. The van der Waals surface area contributed by atoms with Crippen LogP contribution >= 0.6 is 0 Å².